The highest BCUT2D eigenvalue weighted by Gasteiger charge is 2.22. The molecule has 0 fully saturated rings. The van der Waals surface area contributed by atoms with Crippen LogP contribution in [0.5, 0.6) is 0 Å². The molecule has 0 aliphatic carbocycles. The first-order chi connectivity index (χ1) is 11.0. The third-order valence-corrected chi connectivity index (χ3v) is 4.92. The second-order valence-corrected chi connectivity index (χ2v) is 6.95. The van der Waals surface area contributed by atoms with E-state index in [2.05, 4.69) is 10.6 Å². The molecular weight excluding hydrogens is 352 g/mol. The maximum absolute atomic E-state index is 12.4. The van der Waals surface area contributed by atoms with Crippen molar-refractivity contribution in [3.8, 4) is 0 Å². The number of carbonyl (C=O) groups is 1. The van der Waals surface area contributed by atoms with Crippen molar-refractivity contribution in [2.75, 3.05) is 19.6 Å². The first-order valence-corrected chi connectivity index (χ1v) is 9.03. The van der Waals surface area contributed by atoms with E-state index in [1.807, 2.05) is 6.92 Å². The highest BCUT2D eigenvalue weighted by molar-refractivity contribution is 7.90. The van der Waals surface area contributed by atoms with Crippen LogP contribution in [0.15, 0.2) is 52.0 Å². The molecule has 0 saturated carbocycles. The number of furan rings is 1. The molecule has 0 aliphatic heterocycles. The van der Waals surface area contributed by atoms with Crippen LogP contribution in [0.4, 0.5) is 0 Å². The van der Waals surface area contributed by atoms with Crippen molar-refractivity contribution in [1.82, 2.24) is 10.6 Å². The fourth-order valence-electron chi connectivity index (χ4n) is 2.09. The Labute approximate surface area is 148 Å². The molecule has 2 rings (SSSR count). The summed E-state index contributed by atoms with van der Waals surface area (Å²) in [4.78, 5) is 12.3. The SMILES string of the molecule is CCNCCNC(=O)c1occc1CS(=O)(=O)c1ccccc1.Cl. The van der Waals surface area contributed by atoms with Gasteiger partial charge in [0, 0.05) is 18.7 Å². The normalized spacial score (nSPS) is 10.9. The number of hydrogen-bond donors (Lipinski definition) is 2. The van der Waals surface area contributed by atoms with E-state index in [9.17, 15) is 13.2 Å². The lowest BCUT2D eigenvalue weighted by atomic mass is 10.2. The molecule has 6 nitrogen and oxygen atoms in total. The Morgan fingerprint density at radius 1 is 1.12 bits per heavy atom. The van der Waals surface area contributed by atoms with E-state index >= 15 is 0 Å². The minimum Gasteiger partial charge on any atom is -0.459 e. The van der Waals surface area contributed by atoms with Crippen LogP contribution < -0.4 is 10.6 Å². The maximum Gasteiger partial charge on any atom is 0.287 e. The monoisotopic (exact) mass is 372 g/mol. The second kappa shape index (κ2) is 9.46. The number of amides is 1. The van der Waals surface area contributed by atoms with Gasteiger partial charge in [0.25, 0.3) is 5.91 Å². The summed E-state index contributed by atoms with van der Waals surface area (Å²) in [5, 5.41) is 5.78. The molecule has 1 heterocycles. The third-order valence-electron chi connectivity index (χ3n) is 3.24. The van der Waals surface area contributed by atoms with Gasteiger partial charge in [-0.1, -0.05) is 25.1 Å². The quantitative estimate of drug-likeness (QED) is 0.692. The molecule has 0 atom stereocenters. The lowest BCUT2D eigenvalue weighted by molar-refractivity contribution is 0.0925. The number of rotatable bonds is 8. The van der Waals surface area contributed by atoms with Gasteiger partial charge in [-0.05, 0) is 24.7 Å². The van der Waals surface area contributed by atoms with Crippen LogP contribution in [0, 0.1) is 0 Å². The fourth-order valence-corrected chi connectivity index (χ4v) is 3.46. The topological polar surface area (TPSA) is 88.4 Å². The Hall–Kier alpha value is -1.83. The molecule has 1 amide bonds. The molecule has 2 aromatic rings. The van der Waals surface area contributed by atoms with E-state index in [1.165, 1.54) is 24.5 Å². The van der Waals surface area contributed by atoms with Gasteiger partial charge in [-0.2, -0.15) is 0 Å². The Morgan fingerprint density at radius 3 is 2.50 bits per heavy atom. The molecule has 24 heavy (non-hydrogen) atoms. The first-order valence-electron chi connectivity index (χ1n) is 7.37. The third kappa shape index (κ3) is 5.36. The van der Waals surface area contributed by atoms with Crippen LogP contribution in [0.1, 0.15) is 23.0 Å². The van der Waals surface area contributed by atoms with E-state index in [4.69, 9.17) is 4.42 Å². The zero-order chi connectivity index (χ0) is 16.7. The Balaban J connectivity index is 0.00000288. The van der Waals surface area contributed by atoms with E-state index in [-0.39, 0.29) is 28.8 Å². The summed E-state index contributed by atoms with van der Waals surface area (Å²) in [5.74, 6) is -0.643. The Kier molecular flexibility index (Phi) is 7.97. The van der Waals surface area contributed by atoms with E-state index in [0.717, 1.165) is 6.54 Å². The summed E-state index contributed by atoms with van der Waals surface area (Å²) in [6, 6.07) is 9.66. The van der Waals surface area contributed by atoms with Crippen LogP contribution in [0.2, 0.25) is 0 Å². The van der Waals surface area contributed by atoms with Crippen LogP contribution in [-0.2, 0) is 15.6 Å². The molecule has 2 N–H and O–H groups in total. The zero-order valence-corrected chi connectivity index (χ0v) is 15.0. The van der Waals surface area contributed by atoms with Crippen molar-refractivity contribution in [3.05, 3.63) is 54.0 Å². The summed E-state index contributed by atoms with van der Waals surface area (Å²) in [6.45, 7) is 3.87. The van der Waals surface area contributed by atoms with E-state index < -0.39 is 15.7 Å². The van der Waals surface area contributed by atoms with Gasteiger partial charge in [-0.3, -0.25) is 4.79 Å². The first kappa shape index (κ1) is 20.2. The lowest BCUT2D eigenvalue weighted by Crippen LogP contribution is -2.32. The average molecular weight is 373 g/mol. The molecule has 8 heteroatoms. The van der Waals surface area contributed by atoms with Gasteiger partial charge in [0.05, 0.1) is 16.9 Å². The van der Waals surface area contributed by atoms with E-state index in [0.29, 0.717) is 18.7 Å². The summed E-state index contributed by atoms with van der Waals surface area (Å²) < 4.78 is 29.9. The zero-order valence-electron chi connectivity index (χ0n) is 13.3. The average Bonchev–Trinajstić information content (AvgIpc) is 3.00. The molecule has 132 valence electrons. The van der Waals surface area contributed by atoms with Gasteiger partial charge in [0.2, 0.25) is 0 Å². The van der Waals surface area contributed by atoms with Crippen LogP contribution in [-0.4, -0.2) is 34.0 Å². The fraction of sp³-hybridized carbons (Fsp3) is 0.312. The Bertz CT molecular complexity index is 744. The Morgan fingerprint density at radius 2 is 1.83 bits per heavy atom. The number of likely N-dealkylation sites (N-methyl/N-ethyl adjacent to an activating group) is 1. The highest BCUT2D eigenvalue weighted by Crippen LogP contribution is 2.19. The smallest absolute Gasteiger partial charge is 0.287 e. The van der Waals surface area contributed by atoms with Gasteiger partial charge in [0.15, 0.2) is 15.6 Å². The number of benzene rings is 1. The van der Waals surface area contributed by atoms with Crippen LogP contribution in [0.3, 0.4) is 0 Å². The van der Waals surface area contributed by atoms with Crippen molar-refractivity contribution in [3.63, 3.8) is 0 Å². The number of halogens is 1. The highest BCUT2D eigenvalue weighted by atomic mass is 35.5. The van der Waals surface area contributed by atoms with Gasteiger partial charge >= 0.3 is 0 Å². The summed E-state index contributed by atoms with van der Waals surface area (Å²) >= 11 is 0. The predicted molar refractivity (Wildman–Crippen MR) is 94.2 cm³/mol. The number of sulfone groups is 1. The summed E-state index contributed by atoms with van der Waals surface area (Å²) in [7, 11) is -3.52. The van der Waals surface area contributed by atoms with Gasteiger partial charge in [-0.15, -0.1) is 12.4 Å². The maximum atomic E-state index is 12.4. The van der Waals surface area contributed by atoms with Crippen molar-refractivity contribution in [1.29, 1.82) is 0 Å². The molecule has 0 bridgehead atoms. The van der Waals surface area contributed by atoms with Crippen molar-refractivity contribution in [2.45, 2.75) is 17.6 Å². The molecule has 0 spiro atoms. The second-order valence-electron chi connectivity index (χ2n) is 4.96. The largest absolute Gasteiger partial charge is 0.459 e. The van der Waals surface area contributed by atoms with Crippen molar-refractivity contribution < 1.29 is 17.6 Å². The molecule has 0 radical (unpaired) electrons. The number of carbonyl (C=O) groups excluding carboxylic acids is 1. The summed E-state index contributed by atoms with van der Waals surface area (Å²) in [6.07, 6.45) is 1.33. The molecule has 1 aromatic carbocycles. The standard InChI is InChI=1S/C16H20N2O4S.ClH/c1-2-17-9-10-18-16(19)15-13(8-11-22-15)12-23(20,21)14-6-4-3-5-7-14;/h3-8,11,17H,2,9-10,12H2,1H3,(H,18,19);1H. The van der Waals surface area contributed by atoms with Crippen LogP contribution >= 0.6 is 12.4 Å². The van der Waals surface area contributed by atoms with Gasteiger partial charge in [0.1, 0.15) is 0 Å². The van der Waals surface area contributed by atoms with Crippen molar-refractivity contribution in [2.24, 2.45) is 0 Å². The van der Waals surface area contributed by atoms with Crippen molar-refractivity contribution >= 4 is 28.2 Å². The minimum absolute atomic E-state index is 0. The number of hydrogen-bond acceptors (Lipinski definition) is 5. The molecular formula is C16H21ClN2O4S. The van der Waals surface area contributed by atoms with Gasteiger partial charge in [-0.25, -0.2) is 8.42 Å². The molecule has 0 saturated heterocycles. The van der Waals surface area contributed by atoms with Crippen LogP contribution in [0.25, 0.3) is 0 Å². The lowest BCUT2D eigenvalue weighted by Gasteiger charge is -2.06. The molecule has 0 aliphatic rings. The number of nitrogens with one attached hydrogen (secondary N) is 2. The predicted octanol–water partition coefficient (Wildman–Crippen LogP) is 2.01. The molecule has 0 unspecified atom stereocenters. The molecule has 1 aromatic heterocycles. The van der Waals surface area contributed by atoms with E-state index in [1.54, 1.807) is 18.2 Å². The van der Waals surface area contributed by atoms with Gasteiger partial charge < -0.3 is 15.1 Å². The minimum atomic E-state index is -3.52. The summed E-state index contributed by atoms with van der Waals surface area (Å²) in [5.41, 5.74) is 0.356.